The van der Waals surface area contributed by atoms with Crippen molar-refractivity contribution >= 4 is 11.6 Å². The van der Waals surface area contributed by atoms with E-state index in [0.717, 1.165) is 37.2 Å². The summed E-state index contributed by atoms with van der Waals surface area (Å²) in [5.41, 5.74) is 1.99. The molecule has 0 bridgehead atoms. The maximum atomic E-state index is 12.2. The molecule has 1 amide bonds. The lowest BCUT2D eigenvalue weighted by molar-refractivity contribution is -0.120. The summed E-state index contributed by atoms with van der Waals surface area (Å²) in [6, 6.07) is 7.86. The van der Waals surface area contributed by atoms with Crippen molar-refractivity contribution < 1.29 is 9.90 Å². The second-order valence-corrected chi connectivity index (χ2v) is 5.26. The van der Waals surface area contributed by atoms with Crippen molar-refractivity contribution in [2.75, 3.05) is 25.0 Å². The topological polar surface area (TPSA) is 61.4 Å². The smallest absolute Gasteiger partial charge is 0.229 e. The molecule has 1 heterocycles. The second-order valence-electron chi connectivity index (χ2n) is 5.26. The highest BCUT2D eigenvalue weighted by Crippen LogP contribution is 2.19. The molecule has 0 aromatic heterocycles. The highest BCUT2D eigenvalue weighted by atomic mass is 16.2. The van der Waals surface area contributed by atoms with Crippen molar-refractivity contribution in [2.24, 2.45) is 11.8 Å². The predicted molar refractivity (Wildman–Crippen MR) is 76.0 cm³/mol. The number of hydrogen-bond acceptors (Lipinski definition) is 3. The van der Waals surface area contributed by atoms with Crippen molar-refractivity contribution in [3.63, 3.8) is 0 Å². The molecule has 0 saturated carbocycles. The fourth-order valence-corrected chi connectivity index (χ4v) is 2.48. The summed E-state index contributed by atoms with van der Waals surface area (Å²) in [5.74, 6) is 0.537. The molecule has 2 rings (SSSR count). The maximum Gasteiger partial charge on any atom is 0.229 e. The molecule has 4 heteroatoms. The molecule has 1 aliphatic rings. The Bertz CT molecular complexity index is 434. The Hall–Kier alpha value is -1.39. The zero-order valence-electron chi connectivity index (χ0n) is 11.4. The van der Waals surface area contributed by atoms with Crippen LogP contribution in [0.25, 0.3) is 0 Å². The molecule has 2 unspecified atom stereocenters. The lowest BCUT2D eigenvalue weighted by Crippen LogP contribution is -2.27. The summed E-state index contributed by atoms with van der Waals surface area (Å²) in [5, 5.41) is 15.1. The van der Waals surface area contributed by atoms with Gasteiger partial charge in [-0.3, -0.25) is 4.79 Å². The van der Waals surface area contributed by atoms with Crippen LogP contribution in [-0.4, -0.2) is 30.7 Å². The van der Waals surface area contributed by atoms with Gasteiger partial charge in [0.05, 0.1) is 5.92 Å². The van der Waals surface area contributed by atoms with Crippen LogP contribution in [0.3, 0.4) is 0 Å². The molecule has 1 fully saturated rings. The first kappa shape index (κ1) is 14.0. The minimum atomic E-state index is 0.0566. The van der Waals surface area contributed by atoms with E-state index in [1.807, 2.05) is 24.3 Å². The number of aliphatic hydroxyl groups excluding tert-OH is 1. The first-order valence-corrected chi connectivity index (χ1v) is 6.92. The van der Waals surface area contributed by atoms with Crippen molar-refractivity contribution in [3.05, 3.63) is 29.8 Å². The molecule has 1 aromatic carbocycles. The number of rotatable bonds is 5. The van der Waals surface area contributed by atoms with Crippen molar-refractivity contribution in [1.29, 1.82) is 0 Å². The van der Waals surface area contributed by atoms with Gasteiger partial charge in [-0.25, -0.2) is 0 Å². The summed E-state index contributed by atoms with van der Waals surface area (Å²) < 4.78 is 0. The van der Waals surface area contributed by atoms with Crippen LogP contribution in [0.5, 0.6) is 0 Å². The standard InChI is InChI=1S/C15H22N2O2/c1-11-9-16-10-14(11)15(19)17-13-6-2-4-12(8-13)5-3-7-18/h2,4,6,8,11,14,16,18H,3,5,7,9-10H2,1H3,(H,17,19). The molecule has 1 saturated heterocycles. The Balaban J connectivity index is 1.96. The lowest BCUT2D eigenvalue weighted by Gasteiger charge is -2.14. The zero-order valence-corrected chi connectivity index (χ0v) is 11.4. The number of benzene rings is 1. The van der Waals surface area contributed by atoms with E-state index in [-0.39, 0.29) is 18.4 Å². The van der Waals surface area contributed by atoms with E-state index in [1.165, 1.54) is 0 Å². The number of aryl methyl sites for hydroxylation is 1. The fraction of sp³-hybridized carbons (Fsp3) is 0.533. The number of carbonyl (C=O) groups excluding carboxylic acids is 1. The number of anilines is 1. The van der Waals surface area contributed by atoms with Crippen LogP contribution >= 0.6 is 0 Å². The zero-order chi connectivity index (χ0) is 13.7. The number of aliphatic hydroxyl groups is 1. The van der Waals surface area contributed by atoms with Crippen LogP contribution < -0.4 is 10.6 Å². The Kier molecular flexibility index (Phi) is 4.93. The number of amides is 1. The molecule has 0 aliphatic carbocycles. The van der Waals surface area contributed by atoms with Gasteiger partial charge in [-0.05, 0) is 43.0 Å². The van der Waals surface area contributed by atoms with Gasteiger partial charge in [0.25, 0.3) is 0 Å². The molecular formula is C15H22N2O2. The third-order valence-corrected chi connectivity index (χ3v) is 3.67. The number of carbonyl (C=O) groups is 1. The van der Waals surface area contributed by atoms with E-state index in [0.29, 0.717) is 5.92 Å². The lowest BCUT2D eigenvalue weighted by atomic mass is 9.97. The van der Waals surface area contributed by atoms with Gasteiger partial charge in [0.1, 0.15) is 0 Å². The second kappa shape index (κ2) is 6.68. The van der Waals surface area contributed by atoms with Crippen LogP contribution in [0.1, 0.15) is 18.9 Å². The number of nitrogens with one attached hydrogen (secondary N) is 2. The van der Waals surface area contributed by atoms with Crippen molar-refractivity contribution in [2.45, 2.75) is 19.8 Å². The van der Waals surface area contributed by atoms with Crippen LogP contribution in [-0.2, 0) is 11.2 Å². The Morgan fingerprint density at radius 1 is 1.47 bits per heavy atom. The van der Waals surface area contributed by atoms with Crippen molar-refractivity contribution in [1.82, 2.24) is 5.32 Å². The first-order chi connectivity index (χ1) is 9.20. The third-order valence-electron chi connectivity index (χ3n) is 3.67. The summed E-state index contributed by atoms with van der Waals surface area (Å²) in [7, 11) is 0. The van der Waals surface area contributed by atoms with Crippen LogP contribution in [0, 0.1) is 11.8 Å². The van der Waals surface area contributed by atoms with Gasteiger partial charge >= 0.3 is 0 Å². The third kappa shape index (κ3) is 3.78. The molecule has 19 heavy (non-hydrogen) atoms. The van der Waals surface area contributed by atoms with E-state index in [4.69, 9.17) is 5.11 Å². The quantitative estimate of drug-likeness (QED) is 0.752. The van der Waals surface area contributed by atoms with Crippen LogP contribution in [0.15, 0.2) is 24.3 Å². The van der Waals surface area contributed by atoms with Gasteiger partial charge in [-0.2, -0.15) is 0 Å². The van der Waals surface area contributed by atoms with E-state index in [1.54, 1.807) is 0 Å². The van der Waals surface area contributed by atoms with Gasteiger partial charge in [-0.1, -0.05) is 19.1 Å². The number of hydrogen-bond donors (Lipinski definition) is 3. The monoisotopic (exact) mass is 262 g/mol. The largest absolute Gasteiger partial charge is 0.396 e. The first-order valence-electron chi connectivity index (χ1n) is 6.92. The minimum absolute atomic E-state index is 0.0566. The van der Waals surface area contributed by atoms with E-state index >= 15 is 0 Å². The molecular weight excluding hydrogens is 240 g/mol. The predicted octanol–water partition coefficient (Wildman–Crippen LogP) is 1.41. The molecule has 104 valence electrons. The van der Waals surface area contributed by atoms with E-state index in [9.17, 15) is 4.79 Å². The minimum Gasteiger partial charge on any atom is -0.396 e. The highest BCUT2D eigenvalue weighted by molar-refractivity contribution is 5.93. The average molecular weight is 262 g/mol. The van der Waals surface area contributed by atoms with E-state index in [2.05, 4.69) is 17.6 Å². The summed E-state index contributed by atoms with van der Waals surface area (Å²) in [6.07, 6.45) is 1.59. The highest BCUT2D eigenvalue weighted by Gasteiger charge is 2.29. The summed E-state index contributed by atoms with van der Waals surface area (Å²) in [6.45, 7) is 3.97. The Labute approximate surface area is 114 Å². The van der Waals surface area contributed by atoms with Gasteiger partial charge in [0, 0.05) is 18.8 Å². The maximum absolute atomic E-state index is 12.2. The molecule has 0 spiro atoms. The van der Waals surface area contributed by atoms with Crippen molar-refractivity contribution in [3.8, 4) is 0 Å². The molecule has 4 nitrogen and oxygen atoms in total. The van der Waals surface area contributed by atoms with Crippen LogP contribution in [0.2, 0.25) is 0 Å². The molecule has 3 N–H and O–H groups in total. The molecule has 1 aliphatic heterocycles. The normalized spacial score (nSPS) is 22.4. The summed E-state index contributed by atoms with van der Waals surface area (Å²) >= 11 is 0. The van der Waals surface area contributed by atoms with Gasteiger partial charge < -0.3 is 15.7 Å². The van der Waals surface area contributed by atoms with E-state index < -0.39 is 0 Å². The molecule has 1 aromatic rings. The fourth-order valence-electron chi connectivity index (χ4n) is 2.48. The molecule has 2 atom stereocenters. The Morgan fingerprint density at radius 3 is 3.00 bits per heavy atom. The Morgan fingerprint density at radius 2 is 2.32 bits per heavy atom. The average Bonchev–Trinajstić information content (AvgIpc) is 2.83. The van der Waals surface area contributed by atoms with Gasteiger partial charge in [0.2, 0.25) is 5.91 Å². The molecule has 0 radical (unpaired) electrons. The SMILES string of the molecule is CC1CNCC1C(=O)Nc1cccc(CCCO)c1. The van der Waals surface area contributed by atoms with Gasteiger partial charge in [-0.15, -0.1) is 0 Å². The van der Waals surface area contributed by atoms with Gasteiger partial charge in [0.15, 0.2) is 0 Å². The van der Waals surface area contributed by atoms with Crippen LogP contribution in [0.4, 0.5) is 5.69 Å². The summed E-state index contributed by atoms with van der Waals surface area (Å²) in [4.78, 5) is 12.2.